The van der Waals surface area contributed by atoms with Crippen LogP contribution in [0.15, 0.2) is 0 Å². The van der Waals surface area contributed by atoms with Crippen LogP contribution in [0.25, 0.3) is 0 Å². The van der Waals surface area contributed by atoms with Gasteiger partial charge < -0.3 is 0 Å². The van der Waals surface area contributed by atoms with Crippen LogP contribution in [0, 0.1) is 23.7 Å². The van der Waals surface area contributed by atoms with Gasteiger partial charge in [-0.05, 0) is 18.8 Å². The predicted molar refractivity (Wildman–Crippen MR) is 64.0 cm³/mol. The Balaban J connectivity index is 3.17. The summed E-state index contributed by atoms with van der Waals surface area (Å²) in [6.07, 6.45) is 1.61. The van der Waals surface area contributed by atoms with Crippen LogP contribution < -0.4 is 0 Å². The number of nitrogens with zero attached hydrogens (tertiary/aromatic N) is 3. The minimum atomic E-state index is 0.146. The standard InChI is InChI=1S/C13H19N3/c1-6-10-9(2)15-12(7-13(3,4)5)16-11(10)8-14/h6-7H2,1-5H3. The summed E-state index contributed by atoms with van der Waals surface area (Å²) in [5.74, 6) is 0.777. The molecule has 0 unspecified atom stereocenters. The molecule has 16 heavy (non-hydrogen) atoms. The van der Waals surface area contributed by atoms with Gasteiger partial charge in [0.25, 0.3) is 0 Å². The lowest BCUT2D eigenvalue weighted by molar-refractivity contribution is 0.400. The molecule has 0 aliphatic carbocycles. The molecule has 0 bridgehead atoms. The quantitative estimate of drug-likeness (QED) is 0.765. The van der Waals surface area contributed by atoms with E-state index in [1.165, 1.54) is 0 Å². The van der Waals surface area contributed by atoms with Gasteiger partial charge in [0.2, 0.25) is 0 Å². The van der Waals surface area contributed by atoms with E-state index in [0.717, 1.165) is 29.9 Å². The lowest BCUT2D eigenvalue weighted by atomic mass is 9.92. The summed E-state index contributed by atoms with van der Waals surface area (Å²) in [6, 6.07) is 2.16. The van der Waals surface area contributed by atoms with Crippen molar-refractivity contribution in [1.82, 2.24) is 9.97 Å². The van der Waals surface area contributed by atoms with Crippen molar-refractivity contribution < 1.29 is 0 Å². The van der Waals surface area contributed by atoms with E-state index in [0.29, 0.717) is 5.69 Å². The zero-order valence-electron chi connectivity index (χ0n) is 10.8. The maximum Gasteiger partial charge on any atom is 0.147 e. The van der Waals surface area contributed by atoms with Crippen LogP contribution in [0.4, 0.5) is 0 Å². The fourth-order valence-corrected chi connectivity index (χ4v) is 1.72. The molecule has 0 aromatic carbocycles. The van der Waals surface area contributed by atoms with Gasteiger partial charge in [-0.1, -0.05) is 27.7 Å². The second-order valence-electron chi connectivity index (χ2n) is 5.26. The van der Waals surface area contributed by atoms with Gasteiger partial charge >= 0.3 is 0 Å². The maximum atomic E-state index is 9.06. The summed E-state index contributed by atoms with van der Waals surface area (Å²) >= 11 is 0. The Labute approximate surface area is 97.5 Å². The Morgan fingerprint density at radius 2 is 1.88 bits per heavy atom. The number of hydrogen-bond donors (Lipinski definition) is 0. The SMILES string of the molecule is CCc1c(C)nc(CC(C)(C)C)nc1C#N. The molecule has 1 heterocycles. The minimum Gasteiger partial charge on any atom is -0.238 e. The topological polar surface area (TPSA) is 49.6 Å². The Kier molecular flexibility index (Phi) is 3.64. The van der Waals surface area contributed by atoms with Crippen molar-refractivity contribution in [1.29, 1.82) is 5.26 Å². The zero-order chi connectivity index (χ0) is 12.3. The highest BCUT2D eigenvalue weighted by Crippen LogP contribution is 2.20. The van der Waals surface area contributed by atoms with Crippen molar-refractivity contribution in [3.05, 3.63) is 22.8 Å². The second kappa shape index (κ2) is 4.61. The fraction of sp³-hybridized carbons (Fsp3) is 0.615. The number of hydrogen-bond acceptors (Lipinski definition) is 3. The van der Waals surface area contributed by atoms with E-state index < -0.39 is 0 Å². The molecule has 86 valence electrons. The second-order valence-corrected chi connectivity index (χ2v) is 5.26. The molecule has 1 rings (SSSR count). The first-order chi connectivity index (χ1) is 7.37. The molecule has 0 amide bonds. The van der Waals surface area contributed by atoms with Crippen molar-refractivity contribution in [2.24, 2.45) is 5.41 Å². The third-order valence-corrected chi connectivity index (χ3v) is 2.41. The first kappa shape index (κ1) is 12.6. The Hall–Kier alpha value is -1.43. The molecule has 0 atom stereocenters. The van der Waals surface area contributed by atoms with E-state index in [9.17, 15) is 0 Å². The molecule has 3 heteroatoms. The molecule has 1 aromatic heterocycles. The fourth-order valence-electron chi connectivity index (χ4n) is 1.72. The molecule has 0 fully saturated rings. The van der Waals surface area contributed by atoms with Gasteiger partial charge in [-0.15, -0.1) is 0 Å². The van der Waals surface area contributed by atoms with E-state index in [1.807, 2.05) is 13.8 Å². The Morgan fingerprint density at radius 1 is 1.25 bits per heavy atom. The largest absolute Gasteiger partial charge is 0.238 e. The minimum absolute atomic E-state index is 0.146. The van der Waals surface area contributed by atoms with Crippen molar-refractivity contribution in [3.63, 3.8) is 0 Å². The molecule has 0 saturated heterocycles. The van der Waals surface area contributed by atoms with Crippen LogP contribution in [-0.4, -0.2) is 9.97 Å². The molecule has 0 aliphatic rings. The summed E-state index contributed by atoms with van der Waals surface area (Å²) in [4.78, 5) is 8.81. The predicted octanol–water partition coefficient (Wildman–Crippen LogP) is 2.81. The normalized spacial score (nSPS) is 11.2. The molecule has 1 aromatic rings. The van der Waals surface area contributed by atoms with E-state index in [1.54, 1.807) is 0 Å². The molecular formula is C13H19N3. The average molecular weight is 217 g/mol. The van der Waals surface area contributed by atoms with Crippen molar-refractivity contribution >= 4 is 0 Å². The van der Waals surface area contributed by atoms with E-state index in [2.05, 4.69) is 36.8 Å². The van der Waals surface area contributed by atoms with E-state index >= 15 is 0 Å². The van der Waals surface area contributed by atoms with Gasteiger partial charge in [0.05, 0.1) is 0 Å². The van der Waals surface area contributed by atoms with Gasteiger partial charge in [-0.3, -0.25) is 0 Å². The summed E-state index contributed by atoms with van der Waals surface area (Å²) in [7, 11) is 0. The summed E-state index contributed by atoms with van der Waals surface area (Å²) < 4.78 is 0. The van der Waals surface area contributed by atoms with Gasteiger partial charge in [-0.25, -0.2) is 9.97 Å². The van der Waals surface area contributed by atoms with Crippen molar-refractivity contribution in [2.45, 2.75) is 47.5 Å². The molecular weight excluding hydrogens is 198 g/mol. The van der Waals surface area contributed by atoms with Crippen molar-refractivity contribution in [2.75, 3.05) is 0 Å². The van der Waals surface area contributed by atoms with Gasteiger partial charge in [0, 0.05) is 17.7 Å². The van der Waals surface area contributed by atoms with Crippen LogP contribution >= 0.6 is 0 Å². The highest BCUT2D eigenvalue weighted by atomic mass is 14.9. The highest BCUT2D eigenvalue weighted by molar-refractivity contribution is 5.34. The van der Waals surface area contributed by atoms with E-state index in [-0.39, 0.29) is 5.41 Å². The van der Waals surface area contributed by atoms with Gasteiger partial charge in [0.15, 0.2) is 0 Å². The smallest absolute Gasteiger partial charge is 0.147 e. The highest BCUT2D eigenvalue weighted by Gasteiger charge is 2.16. The van der Waals surface area contributed by atoms with Crippen LogP contribution in [0.3, 0.4) is 0 Å². The third kappa shape index (κ3) is 3.03. The maximum absolute atomic E-state index is 9.06. The first-order valence-electron chi connectivity index (χ1n) is 5.64. The number of nitriles is 1. The molecule has 0 N–H and O–H groups in total. The lowest BCUT2D eigenvalue weighted by Gasteiger charge is -2.17. The summed E-state index contributed by atoms with van der Waals surface area (Å²) in [6.45, 7) is 10.4. The molecule has 0 aliphatic heterocycles. The average Bonchev–Trinajstić information content (AvgIpc) is 2.14. The first-order valence-corrected chi connectivity index (χ1v) is 5.64. The monoisotopic (exact) mass is 217 g/mol. The summed E-state index contributed by atoms with van der Waals surface area (Å²) in [5, 5.41) is 9.06. The third-order valence-electron chi connectivity index (χ3n) is 2.41. The Bertz CT molecular complexity index is 422. The molecule has 0 radical (unpaired) electrons. The number of aryl methyl sites for hydroxylation is 1. The molecule has 3 nitrogen and oxygen atoms in total. The van der Waals surface area contributed by atoms with Crippen LogP contribution in [0.5, 0.6) is 0 Å². The van der Waals surface area contributed by atoms with Gasteiger partial charge in [-0.2, -0.15) is 5.26 Å². The number of rotatable bonds is 2. The lowest BCUT2D eigenvalue weighted by Crippen LogP contribution is -2.14. The van der Waals surface area contributed by atoms with Gasteiger partial charge in [0.1, 0.15) is 17.6 Å². The van der Waals surface area contributed by atoms with Crippen LogP contribution in [-0.2, 0) is 12.8 Å². The van der Waals surface area contributed by atoms with Crippen molar-refractivity contribution in [3.8, 4) is 6.07 Å². The molecule has 0 saturated carbocycles. The van der Waals surface area contributed by atoms with Crippen LogP contribution in [0.1, 0.15) is 50.5 Å². The molecule has 0 spiro atoms. The Morgan fingerprint density at radius 3 is 2.31 bits per heavy atom. The van der Waals surface area contributed by atoms with Crippen LogP contribution in [0.2, 0.25) is 0 Å². The summed E-state index contributed by atoms with van der Waals surface area (Å²) in [5.41, 5.74) is 2.59. The zero-order valence-corrected chi connectivity index (χ0v) is 10.8. The number of aromatic nitrogens is 2. The van der Waals surface area contributed by atoms with E-state index in [4.69, 9.17) is 5.26 Å².